The Labute approximate surface area is 235 Å². The van der Waals surface area contributed by atoms with Gasteiger partial charge in [-0.25, -0.2) is 18.9 Å². The number of ketones is 1. The van der Waals surface area contributed by atoms with Crippen LogP contribution in [0.15, 0.2) is 66.0 Å². The summed E-state index contributed by atoms with van der Waals surface area (Å²) in [6, 6.07) is 6.38. The van der Waals surface area contributed by atoms with Gasteiger partial charge in [0.05, 0.1) is 25.1 Å². The quantitative estimate of drug-likeness (QED) is 0.293. The lowest BCUT2D eigenvalue weighted by atomic mass is 10.0. The predicted octanol–water partition coefficient (Wildman–Crippen LogP) is 3.68. The van der Waals surface area contributed by atoms with Crippen LogP contribution in [0.3, 0.4) is 0 Å². The van der Waals surface area contributed by atoms with Crippen molar-refractivity contribution in [2.75, 3.05) is 11.9 Å². The second kappa shape index (κ2) is 10.2. The summed E-state index contributed by atoms with van der Waals surface area (Å²) in [4.78, 5) is 52.6. The molecule has 1 aromatic carbocycles. The molecule has 1 fully saturated rings. The van der Waals surface area contributed by atoms with Crippen LogP contribution in [0.1, 0.15) is 23.7 Å². The number of Topliss-reactive ketones (excluding diaryl/α,β-unsaturated/α-hetero) is 1. The van der Waals surface area contributed by atoms with Crippen molar-refractivity contribution in [1.29, 1.82) is 0 Å². The topological polar surface area (TPSA) is 127 Å². The van der Waals surface area contributed by atoms with Crippen molar-refractivity contribution in [3.05, 3.63) is 71.6 Å². The van der Waals surface area contributed by atoms with E-state index < -0.39 is 24.0 Å². The second-order valence-corrected chi connectivity index (χ2v) is 10.4. The van der Waals surface area contributed by atoms with Crippen LogP contribution >= 0.6 is 15.9 Å². The van der Waals surface area contributed by atoms with Gasteiger partial charge in [-0.1, -0.05) is 6.07 Å². The summed E-state index contributed by atoms with van der Waals surface area (Å²) in [7, 11) is 0. The van der Waals surface area contributed by atoms with Crippen molar-refractivity contribution >= 4 is 55.9 Å². The SMILES string of the molecule is CC(=O)c1cn(CC(=O)N2C[C@H](F)C[C@H]2C(=O)Nc2cncc(Br)n2)c2ccc(-c3cnc4ccnn4c3)cc12. The van der Waals surface area contributed by atoms with Gasteiger partial charge < -0.3 is 14.8 Å². The molecular weight excluding hydrogens is 583 g/mol. The molecule has 1 aliphatic rings. The highest BCUT2D eigenvalue weighted by molar-refractivity contribution is 9.10. The van der Waals surface area contributed by atoms with Crippen LogP contribution in [0.2, 0.25) is 0 Å². The van der Waals surface area contributed by atoms with E-state index in [-0.39, 0.29) is 31.1 Å². The van der Waals surface area contributed by atoms with Crippen molar-refractivity contribution < 1.29 is 18.8 Å². The predicted molar refractivity (Wildman–Crippen MR) is 147 cm³/mol. The Kier molecular flexibility index (Phi) is 6.58. The number of fused-ring (bicyclic) bond motifs is 2. The number of aromatic nitrogens is 6. The number of anilines is 1. The molecule has 2 atom stereocenters. The van der Waals surface area contributed by atoms with Crippen LogP contribution in [0, 0.1) is 0 Å². The van der Waals surface area contributed by atoms with E-state index in [9.17, 15) is 18.8 Å². The van der Waals surface area contributed by atoms with Gasteiger partial charge in [0.1, 0.15) is 23.4 Å². The summed E-state index contributed by atoms with van der Waals surface area (Å²) in [5.41, 5.74) is 3.47. The second-order valence-electron chi connectivity index (χ2n) is 9.55. The molecule has 0 saturated carbocycles. The Morgan fingerprint density at radius 1 is 1.12 bits per heavy atom. The molecule has 1 N–H and O–H groups in total. The molecule has 5 heterocycles. The molecule has 0 radical (unpaired) electrons. The molecule has 2 amide bonds. The number of benzene rings is 1. The molecule has 202 valence electrons. The smallest absolute Gasteiger partial charge is 0.248 e. The number of halogens is 2. The molecular formula is C27H22BrFN8O3. The van der Waals surface area contributed by atoms with Gasteiger partial charge in [-0.3, -0.25) is 19.4 Å². The van der Waals surface area contributed by atoms with Crippen molar-refractivity contribution in [2.45, 2.75) is 32.1 Å². The molecule has 1 aliphatic heterocycles. The third kappa shape index (κ3) is 4.83. The lowest BCUT2D eigenvalue weighted by molar-refractivity contribution is -0.137. The van der Waals surface area contributed by atoms with Gasteiger partial charge in [-0.15, -0.1) is 0 Å². The van der Waals surface area contributed by atoms with E-state index in [4.69, 9.17) is 0 Å². The fourth-order valence-electron chi connectivity index (χ4n) is 5.00. The van der Waals surface area contributed by atoms with E-state index in [0.717, 1.165) is 11.1 Å². The Morgan fingerprint density at radius 3 is 2.77 bits per heavy atom. The number of likely N-dealkylation sites (tertiary alicyclic amines) is 1. The first-order valence-electron chi connectivity index (χ1n) is 12.4. The molecule has 0 unspecified atom stereocenters. The molecule has 0 aliphatic carbocycles. The van der Waals surface area contributed by atoms with E-state index in [0.29, 0.717) is 26.7 Å². The Morgan fingerprint density at radius 2 is 1.98 bits per heavy atom. The Bertz CT molecular complexity index is 1800. The highest BCUT2D eigenvalue weighted by atomic mass is 79.9. The minimum absolute atomic E-state index is 0.123. The van der Waals surface area contributed by atoms with Gasteiger partial charge in [-0.05, 0) is 40.5 Å². The van der Waals surface area contributed by atoms with E-state index in [2.05, 4.69) is 41.3 Å². The maximum Gasteiger partial charge on any atom is 0.248 e. The van der Waals surface area contributed by atoms with Crippen molar-refractivity contribution in [1.82, 2.24) is 34.0 Å². The fraction of sp³-hybridized carbons (Fsp3) is 0.222. The highest BCUT2D eigenvalue weighted by Gasteiger charge is 2.40. The average Bonchev–Trinajstić information content (AvgIpc) is 3.65. The number of rotatable bonds is 6. The van der Waals surface area contributed by atoms with Crippen LogP contribution in [0.4, 0.5) is 10.2 Å². The first-order valence-corrected chi connectivity index (χ1v) is 13.2. The molecule has 40 heavy (non-hydrogen) atoms. The molecule has 0 spiro atoms. The number of hydrogen-bond donors (Lipinski definition) is 1. The maximum absolute atomic E-state index is 14.5. The molecule has 0 bridgehead atoms. The average molecular weight is 605 g/mol. The van der Waals surface area contributed by atoms with E-state index in [1.807, 2.05) is 24.4 Å². The number of alkyl halides is 1. The van der Waals surface area contributed by atoms with Gasteiger partial charge in [0, 0.05) is 53.1 Å². The Balaban J connectivity index is 1.28. The summed E-state index contributed by atoms with van der Waals surface area (Å²) >= 11 is 3.19. The minimum atomic E-state index is -1.34. The maximum atomic E-state index is 14.5. The van der Waals surface area contributed by atoms with Crippen LogP contribution in [-0.2, 0) is 16.1 Å². The van der Waals surface area contributed by atoms with Crippen LogP contribution in [-0.4, -0.2) is 70.4 Å². The van der Waals surface area contributed by atoms with E-state index >= 15 is 0 Å². The molecule has 5 aromatic rings. The molecule has 13 heteroatoms. The number of nitrogens with one attached hydrogen (secondary N) is 1. The van der Waals surface area contributed by atoms with E-state index in [1.165, 1.54) is 24.2 Å². The number of carbonyl (C=O) groups excluding carboxylic acids is 3. The monoisotopic (exact) mass is 604 g/mol. The lowest BCUT2D eigenvalue weighted by Crippen LogP contribution is -2.44. The highest BCUT2D eigenvalue weighted by Crippen LogP contribution is 2.29. The number of carbonyl (C=O) groups is 3. The number of hydrogen-bond acceptors (Lipinski definition) is 7. The molecule has 4 aromatic heterocycles. The largest absolute Gasteiger partial charge is 0.337 e. The van der Waals surface area contributed by atoms with Gasteiger partial charge in [0.2, 0.25) is 11.8 Å². The zero-order valence-electron chi connectivity index (χ0n) is 21.2. The van der Waals surface area contributed by atoms with Gasteiger partial charge >= 0.3 is 0 Å². The van der Waals surface area contributed by atoms with Crippen LogP contribution in [0.25, 0.3) is 27.7 Å². The van der Waals surface area contributed by atoms with Crippen molar-refractivity contribution in [2.24, 2.45) is 0 Å². The first kappa shape index (κ1) is 25.7. The lowest BCUT2D eigenvalue weighted by Gasteiger charge is -2.24. The molecule has 1 saturated heterocycles. The zero-order chi connectivity index (χ0) is 28.0. The summed E-state index contributed by atoms with van der Waals surface area (Å²) in [6.45, 7) is 1.09. The van der Waals surface area contributed by atoms with Crippen molar-refractivity contribution in [3.8, 4) is 11.1 Å². The summed E-state index contributed by atoms with van der Waals surface area (Å²) in [5, 5.41) is 7.51. The third-order valence-corrected chi connectivity index (χ3v) is 7.26. The van der Waals surface area contributed by atoms with Gasteiger partial charge in [0.15, 0.2) is 17.2 Å². The van der Waals surface area contributed by atoms with Crippen LogP contribution < -0.4 is 5.32 Å². The molecule has 11 nitrogen and oxygen atoms in total. The fourth-order valence-corrected chi connectivity index (χ4v) is 5.31. The standard InChI is InChI=1S/C27H22BrFN8O3/c1-15(38)20-13-35(21-3-2-16(6-19(20)21)17-8-31-25-4-5-32-37(25)11-17)14-26(39)36-12-18(29)7-22(36)27(40)34-24-10-30-9-23(28)33-24/h2-6,8-11,13,18,22H,7,12,14H2,1H3,(H,33,34,40)/t18-,22+/m1/s1. The summed E-state index contributed by atoms with van der Waals surface area (Å²) < 4.78 is 18.2. The first-order chi connectivity index (χ1) is 19.3. The van der Waals surface area contributed by atoms with E-state index in [1.54, 1.807) is 33.7 Å². The zero-order valence-corrected chi connectivity index (χ0v) is 22.7. The number of amides is 2. The minimum Gasteiger partial charge on any atom is -0.337 e. The molecule has 6 rings (SSSR count). The normalized spacial score (nSPS) is 17.0. The van der Waals surface area contributed by atoms with Gasteiger partial charge in [0.25, 0.3) is 0 Å². The summed E-state index contributed by atoms with van der Waals surface area (Å²) in [5.74, 6) is -0.958. The Hall–Kier alpha value is -4.52. The third-order valence-electron chi connectivity index (χ3n) is 6.88. The van der Waals surface area contributed by atoms with Crippen LogP contribution in [0.5, 0.6) is 0 Å². The van der Waals surface area contributed by atoms with Gasteiger partial charge in [-0.2, -0.15) is 5.10 Å². The van der Waals surface area contributed by atoms with Crippen molar-refractivity contribution in [3.63, 3.8) is 0 Å². The summed E-state index contributed by atoms with van der Waals surface area (Å²) in [6.07, 6.45) is 8.23. The number of nitrogens with zero attached hydrogens (tertiary/aromatic N) is 7.